The van der Waals surface area contributed by atoms with Gasteiger partial charge in [-0.05, 0) is 12.1 Å². The molecule has 0 aromatic carbocycles. The Kier molecular flexibility index (Phi) is 3.55. The number of aromatic nitrogens is 2. The van der Waals surface area contributed by atoms with E-state index in [1.807, 2.05) is 0 Å². The molecule has 98 valence electrons. The second-order valence-corrected chi connectivity index (χ2v) is 4.29. The topological polar surface area (TPSA) is 89.1 Å². The molecule has 19 heavy (non-hydrogen) atoms. The maximum atomic E-state index is 14.0. The van der Waals surface area contributed by atoms with Crippen LogP contribution in [-0.2, 0) is 0 Å². The smallest absolute Gasteiger partial charge is 0.356 e. The third-order valence-electron chi connectivity index (χ3n) is 2.32. The van der Waals surface area contributed by atoms with Gasteiger partial charge in [0.05, 0.1) is 10.7 Å². The highest BCUT2D eigenvalue weighted by atomic mass is 35.5. The van der Waals surface area contributed by atoms with Gasteiger partial charge in [0.15, 0.2) is 11.5 Å². The summed E-state index contributed by atoms with van der Waals surface area (Å²) in [4.78, 5) is 18.4. The first-order valence-electron chi connectivity index (χ1n) is 4.91. The molecule has 2 aromatic rings. The molecule has 2 aromatic heterocycles. The standard InChI is InChI=1S/C11H6Cl2FN3O2/c12-5-2-1-4(3-16-5)9-7(14)8(15)6(13)10(17-9)11(18)19/h1-3H,(H2,15,17)(H,18,19). The minimum Gasteiger partial charge on any atom is -0.476 e. The minimum absolute atomic E-state index is 0.213. The Hall–Kier alpha value is -1.92. The van der Waals surface area contributed by atoms with Crippen LogP contribution in [0.15, 0.2) is 18.3 Å². The predicted octanol–water partition coefficient (Wildman–Crippen LogP) is 2.87. The summed E-state index contributed by atoms with van der Waals surface area (Å²) in [6, 6.07) is 2.86. The van der Waals surface area contributed by atoms with Gasteiger partial charge in [0.1, 0.15) is 10.8 Å². The molecular formula is C11H6Cl2FN3O2. The Morgan fingerprint density at radius 2 is 2.05 bits per heavy atom. The Balaban J connectivity index is 2.70. The molecule has 0 aliphatic carbocycles. The molecule has 5 nitrogen and oxygen atoms in total. The zero-order chi connectivity index (χ0) is 14.2. The van der Waals surface area contributed by atoms with E-state index >= 15 is 0 Å². The first-order valence-corrected chi connectivity index (χ1v) is 5.67. The van der Waals surface area contributed by atoms with Crippen molar-refractivity contribution in [2.24, 2.45) is 0 Å². The van der Waals surface area contributed by atoms with Crippen LogP contribution in [0.5, 0.6) is 0 Å². The molecule has 2 rings (SSSR count). The van der Waals surface area contributed by atoms with Crippen molar-refractivity contribution in [3.8, 4) is 11.3 Å². The van der Waals surface area contributed by atoms with Gasteiger partial charge in [0.2, 0.25) is 0 Å². The normalized spacial score (nSPS) is 10.5. The number of hydrogen-bond acceptors (Lipinski definition) is 4. The highest BCUT2D eigenvalue weighted by molar-refractivity contribution is 6.35. The molecule has 8 heteroatoms. The number of rotatable bonds is 2. The number of aromatic carboxylic acids is 1. The van der Waals surface area contributed by atoms with Crippen molar-refractivity contribution in [2.75, 3.05) is 5.73 Å². The number of carboxylic acid groups (broad SMARTS) is 1. The van der Waals surface area contributed by atoms with Crippen LogP contribution in [0.2, 0.25) is 10.2 Å². The molecule has 0 saturated carbocycles. The predicted molar refractivity (Wildman–Crippen MR) is 68.8 cm³/mol. The lowest BCUT2D eigenvalue weighted by Crippen LogP contribution is -2.08. The Labute approximate surface area is 116 Å². The van der Waals surface area contributed by atoms with Gasteiger partial charge in [-0.15, -0.1) is 0 Å². The fourth-order valence-electron chi connectivity index (χ4n) is 1.41. The van der Waals surface area contributed by atoms with E-state index in [1.54, 1.807) is 0 Å². The van der Waals surface area contributed by atoms with E-state index in [2.05, 4.69) is 9.97 Å². The number of nitrogens with two attached hydrogens (primary N) is 1. The third-order valence-corrected chi connectivity index (χ3v) is 2.92. The first kappa shape index (κ1) is 13.5. The number of nitrogens with zero attached hydrogens (tertiary/aromatic N) is 2. The molecule has 0 atom stereocenters. The van der Waals surface area contributed by atoms with E-state index in [0.717, 1.165) is 0 Å². The summed E-state index contributed by atoms with van der Waals surface area (Å²) < 4.78 is 14.0. The summed E-state index contributed by atoms with van der Waals surface area (Å²) >= 11 is 11.2. The molecule has 0 unspecified atom stereocenters. The molecule has 0 radical (unpaired) electrons. The Morgan fingerprint density at radius 1 is 1.37 bits per heavy atom. The molecule has 0 bridgehead atoms. The molecule has 2 heterocycles. The van der Waals surface area contributed by atoms with Gasteiger partial charge in [-0.25, -0.2) is 19.2 Å². The maximum absolute atomic E-state index is 14.0. The average molecular weight is 302 g/mol. The highest BCUT2D eigenvalue weighted by Crippen LogP contribution is 2.31. The van der Waals surface area contributed by atoms with Gasteiger partial charge in [-0.3, -0.25) is 0 Å². The van der Waals surface area contributed by atoms with Crippen LogP contribution in [0, 0.1) is 5.82 Å². The Bertz CT molecular complexity index is 662. The van der Waals surface area contributed by atoms with Gasteiger partial charge in [0.25, 0.3) is 0 Å². The summed E-state index contributed by atoms with van der Waals surface area (Å²) in [7, 11) is 0. The lowest BCUT2D eigenvalue weighted by atomic mass is 10.1. The molecule has 0 aliphatic heterocycles. The van der Waals surface area contributed by atoms with Crippen molar-refractivity contribution in [2.45, 2.75) is 0 Å². The van der Waals surface area contributed by atoms with E-state index in [1.165, 1.54) is 18.3 Å². The van der Waals surface area contributed by atoms with Gasteiger partial charge in [-0.1, -0.05) is 23.2 Å². The lowest BCUT2D eigenvalue weighted by molar-refractivity contribution is 0.0691. The van der Waals surface area contributed by atoms with Crippen molar-refractivity contribution in [1.82, 2.24) is 9.97 Å². The van der Waals surface area contributed by atoms with Gasteiger partial charge in [0, 0.05) is 11.8 Å². The number of hydrogen-bond donors (Lipinski definition) is 2. The molecule has 0 fully saturated rings. The molecule has 0 saturated heterocycles. The number of pyridine rings is 2. The summed E-state index contributed by atoms with van der Waals surface area (Å²) in [6.07, 6.45) is 1.26. The largest absolute Gasteiger partial charge is 0.476 e. The quantitative estimate of drug-likeness (QED) is 0.833. The number of halogens is 3. The van der Waals surface area contributed by atoms with Crippen LogP contribution in [0.4, 0.5) is 10.1 Å². The molecule has 3 N–H and O–H groups in total. The number of carbonyl (C=O) groups is 1. The average Bonchev–Trinajstić information content (AvgIpc) is 2.37. The van der Waals surface area contributed by atoms with E-state index in [-0.39, 0.29) is 16.4 Å². The minimum atomic E-state index is -1.40. The first-order chi connectivity index (χ1) is 8.91. The lowest BCUT2D eigenvalue weighted by Gasteiger charge is -2.09. The number of anilines is 1. The van der Waals surface area contributed by atoms with Crippen LogP contribution in [0.25, 0.3) is 11.3 Å². The highest BCUT2D eigenvalue weighted by Gasteiger charge is 2.21. The van der Waals surface area contributed by atoms with Crippen LogP contribution >= 0.6 is 23.2 Å². The van der Waals surface area contributed by atoms with Crippen molar-refractivity contribution >= 4 is 34.9 Å². The van der Waals surface area contributed by atoms with E-state index in [4.69, 9.17) is 34.0 Å². The van der Waals surface area contributed by atoms with Crippen molar-refractivity contribution in [3.63, 3.8) is 0 Å². The molecule has 0 spiro atoms. The summed E-state index contributed by atoms with van der Waals surface area (Å²) in [6.45, 7) is 0. The number of nitrogen functional groups attached to an aromatic ring is 1. The van der Waals surface area contributed by atoms with E-state index in [0.29, 0.717) is 0 Å². The second kappa shape index (κ2) is 4.99. The molecule has 0 amide bonds. The van der Waals surface area contributed by atoms with E-state index in [9.17, 15) is 9.18 Å². The summed E-state index contributed by atoms with van der Waals surface area (Å²) in [5, 5.41) is 8.71. The van der Waals surface area contributed by atoms with Crippen molar-refractivity contribution < 1.29 is 14.3 Å². The van der Waals surface area contributed by atoms with Crippen LogP contribution in [0.3, 0.4) is 0 Å². The molecular weight excluding hydrogens is 296 g/mol. The monoisotopic (exact) mass is 301 g/mol. The Morgan fingerprint density at radius 3 is 2.58 bits per heavy atom. The van der Waals surface area contributed by atoms with Crippen LogP contribution in [0.1, 0.15) is 10.5 Å². The molecule has 0 aliphatic rings. The van der Waals surface area contributed by atoms with E-state index < -0.39 is 28.2 Å². The maximum Gasteiger partial charge on any atom is 0.356 e. The fraction of sp³-hybridized carbons (Fsp3) is 0. The van der Waals surface area contributed by atoms with Crippen molar-refractivity contribution in [1.29, 1.82) is 0 Å². The summed E-state index contributed by atoms with van der Waals surface area (Å²) in [5.41, 5.74) is 4.43. The van der Waals surface area contributed by atoms with Crippen molar-refractivity contribution in [3.05, 3.63) is 40.0 Å². The SMILES string of the molecule is Nc1c(F)c(-c2ccc(Cl)nc2)nc(C(=O)O)c1Cl. The fourth-order valence-corrected chi connectivity index (χ4v) is 1.73. The van der Waals surface area contributed by atoms with Gasteiger partial charge >= 0.3 is 5.97 Å². The zero-order valence-corrected chi connectivity index (χ0v) is 10.7. The number of carboxylic acids is 1. The third kappa shape index (κ3) is 2.45. The summed E-state index contributed by atoms with van der Waals surface area (Å²) in [5.74, 6) is -2.31. The van der Waals surface area contributed by atoms with Gasteiger partial charge in [-0.2, -0.15) is 0 Å². The van der Waals surface area contributed by atoms with Crippen LogP contribution < -0.4 is 5.73 Å². The van der Waals surface area contributed by atoms with Crippen LogP contribution in [-0.4, -0.2) is 21.0 Å². The zero-order valence-electron chi connectivity index (χ0n) is 9.19. The van der Waals surface area contributed by atoms with Gasteiger partial charge < -0.3 is 10.8 Å². The second-order valence-electron chi connectivity index (χ2n) is 3.53.